The Bertz CT molecular complexity index is 631. The maximum atomic E-state index is 11.9. The Labute approximate surface area is 130 Å². The van der Waals surface area contributed by atoms with Crippen molar-refractivity contribution >= 4 is 11.6 Å². The summed E-state index contributed by atoms with van der Waals surface area (Å²) >= 11 is 0. The van der Waals surface area contributed by atoms with E-state index in [-0.39, 0.29) is 11.9 Å². The number of amides is 1. The molecule has 0 aliphatic rings. The van der Waals surface area contributed by atoms with Crippen LogP contribution >= 0.6 is 0 Å². The van der Waals surface area contributed by atoms with E-state index in [1.54, 1.807) is 0 Å². The molecule has 2 aromatic rings. The number of anilines is 1. The molecule has 2 rings (SSSR count). The number of benzene rings is 1. The normalized spacial score (nSPS) is 10.6. The lowest BCUT2D eigenvalue weighted by Crippen LogP contribution is -2.16. The minimum absolute atomic E-state index is 0.0264. The third-order valence-corrected chi connectivity index (χ3v) is 3.06. The second-order valence-electron chi connectivity index (χ2n) is 5.61. The molecule has 0 aliphatic heterocycles. The van der Waals surface area contributed by atoms with Gasteiger partial charge in [-0.25, -0.2) is 0 Å². The van der Waals surface area contributed by atoms with Crippen LogP contribution in [0.15, 0.2) is 30.3 Å². The van der Waals surface area contributed by atoms with E-state index in [2.05, 4.69) is 15.3 Å². The van der Waals surface area contributed by atoms with Crippen molar-refractivity contribution in [1.82, 2.24) is 9.97 Å². The van der Waals surface area contributed by atoms with Gasteiger partial charge in [-0.05, 0) is 31.9 Å². The molecule has 1 aromatic heterocycles. The number of carbonyl (C=O) groups is 1. The summed E-state index contributed by atoms with van der Waals surface area (Å²) in [6.45, 7) is 7.67. The van der Waals surface area contributed by atoms with Gasteiger partial charge in [0.25, 0.3) is 0 Å². The van der Waals surface area contributed by atoms with Crippen molar-refractivity contribution in [1.29, 1.82) is 0 Å². The summed E-state index contributed by atoms with van der Waals surface area (Å²) in [5.74, 6) is 0.960. The van der Waals surface area contributed by atoms with Crippen molar-refractivity contribution in [3.8, 4) is 11.8 Å². The fourth-order valence-electron chi connectivity index (χ4n) is 2.07. The molecule has 0 aliphatic carbocycles. The SMILES string of the molecule is Cc1nc(Oc2ccccc2)nc(C)c1NC(=O)CC(C)C. The molecule has 0 saturated carbocycles. The molecule has 5 heteroatoms. The lowest BCUT2D eigenvalue weighted by Gasteiger charge is -2.13. The van der Waals surface area contributed by atoms with Gasteiger partial charge in [-0.1, -0.05) is 32.0 Å². The summed E-state index contributed by atoms with van der Waals surface area (Å²) in [4.78, 5) is 20.5. The van der Waals surface area contributed by atoms with Crippen LogP contribution < -0.4 is 10.1 Å². The summed E-state index contributed by atoms with van der Waals surface area (Å²) in [5.41, 5.74) is 2.04. The quantitative estimate of drug-likeness (QED) is 0.910. The molecule has 1 heterocycles. The van der Waals surface area contributed by atoms with Crippen LogP contribution in [0.2, 0.25) is 0 Å². The third kappa shape index (κ3) is 4.28. The monoisotopic (exact) mass is 299 g/mol. The summed E-state index contributed by atoms with van der Waals surface area (Å²) in [6.07, 6.45) is 0.473. The molecule has 5 nitrogen and oxygen atoms in total. The zero-order valence-corrected chi connectivity index (χ0v) is 13.4. The molecule has 1 N–H and O–H groups in total. The second kappa shape index (κ2) is 7.02. The van der Waals surface area contributed by atoms with Gasteiger partial charge in [0.05, 0.1) is 17.1 Å². The van der Waals surface area contributed by atoms with Crippen molar-refractivity contribution in [3.05, 3.63) is 41.7 Å². The second-order valence-corrected chi connectivity index (χ2v) is 5.61. The van der Waals surface area contributed by atoms with Crippen LogP contribution in [0.5, 0.6) is 11.8 Å². The minimum atomic E-state index is -0.0264. The molecule has 0 atom stereocenters. The number of nitrogens with zero attached hydrogens (tertiary/aromatic N) is 2. The van der Waals surface area contributed by atoms with Crippen LogP contribution in [0, 0.1) is 19.8 Å². The van der Waals surface area contributed by atoms with Crippen molar-refractivity contribution in [2.75, 3.05) is 5.32 Å². The van der Waals surface area contributed by atoms with Crippen LogP contribution in [0.25, 0.3) is 0 Å². The highest BCUT2D eigenvalue weighted by atomic mass is 16.5. The lowest BCUT2D eigenvalue weighted by molar-refractivity contribution is -0.116. The Kier molecular flexibility index (Phi) is 5.09. The number of aryl methyl sites for hydroxylation is 2. The summed E-state index contributed by atoms with van der Waals surface area (Å²) in [6, 6.07) is 9.64. The number of aromatic nitrogens is 2. The Morgan fingerprint density at radius 2 is 1.73 bits per heavy atom. The highest BCUT2D eigenvalue weighted by molar-refractivity contribution is 5.91. The fourth-order valence-corrected chi connectivity index (χ4v) is 2.07. The maximum Gasteiger partial charge on any atom is 0.322 e. The summed E-state index contributed by atoms with van der Waals surface area (Å²) in [5, 5.41) is 2.88. The zero-order valence-electron chi connectivity index (χ0n) is 13.4. The molecule has 0 unspecified atom stereocenters. The topological polar surface area (TPSA) is 64.1 Å². The highest BCUT2D eigenvalue weighted by Crippen LogP contribution is 2.23. The Morgan fingerprint density at radius 3 is 2.27 bits per heavy atom. The van der Waals surface area contributed by atoms with Crippen molar-refractivity contribution in [3.63, 3.8) is 0 Å². The zero-order chi connectivity index (χ0) is 16.1. The lowest BCUT2D eigenvalue weighted by atomic mass is 10.1. The van der Waals surface area contributed by atoms with Crippen LogP contribution in [0.4, 0.5) is 5.69 Å². The number of hydrogen-bond donors (Lipinski definition) is 1. The van der Waals surface area contributed by atoms with Gasteiger partial charge in [0.15, 0.2) is 0 Å². The molecule has 116 valence electrons. The Balaban J connectivity index is 2.16. The molecule has 1 amide bonds. The predicted octanol–water partition coefficient (Wildman–Crippen LogP) is 3.87. The number of hydrogen-bond acceptors (Lipinski definition) is 4. The molecule has 0 fully saturated rings. The van der Waals surface area contributed by atoms with Gasteiger partial charge < -0.3 is 10.1 Å². The summed E-state index contributed by atoms with van der Waals surface area (Å²) < 4.78 is 5.63. The molecule has 22 heavy (non-hydrogen) atoms. The smallest absolute Gasteiger partial charge is 0.322 e. The highest BCUT2D eigenvalue weighted by Gasteiger charge is 2.13. The maximum absolute atomic E-state index is 11.9. The van der Waals surface area contributed by atoms with Gasteiger partial charge in [-0.15, -0.1) is 0 Å². The van der Waals surface area contributed by atoms with E-state index < -0.39 is 0 Å². The first-order chi connectivity index (χ1) is 10.5. The van der Waals surface area contributed by atoms with Crippen LogP contribution in [-0.2, 0) is 4.79 Å². The van der Waals surface area contributed by atoms with E-state index in [1.165, 1.54) is 0 Å². The van der Waals surface area contributed by atoms with E-state index in [9.17, 15) is 4.79 Å². The van der Waals surface area contributed by atoms with Gasteiger partial charge in [0, 0.05) is 6.42 Å². The average molecular weight is 299 g/mol. The third-order valence-electron chi connectivity index (χ3n) is 3.06. The number of nitrogens with one attached hydrogen (secondary N) is 1. The standard InChI is InChI=1S/C17H21N3O2/c1-11(2)10-15(21)20-16-12(3)18-17(19-13(16)4)22-14-8-6-5-7-9-14/h5-9,11H,10H2,1-4H3,(H,20,21). The van der Waals surface area contributed by atoms with Gasteiger partial charge in [0.1, 0.15) is 5.75 Å². The minimum Gasteiger partial charge on any atom is -0.424 e. The van der Waals surface area contributed by atoms with E-state index in [4.69, 9.17) is 4.74 Å². The molecule has 0 bridgehead atoms. The Morgan fingerprint density at radius 1 is 1.14 bits per heavy atom. The van der Waals surface area contributed by atoms with Crippen molar-refractivity contribution in [2.24, 2.45) is 5.92 Å². The van der Waals surface area contributed by atoms with E-state index in [0.717, 1.165) is 0 Å². The van der Waals surface area contributed by atoms with Crippen molar-refractivity contribution < 1.29 is 9.53 Å². The number of carbonyl (C=O) groups excluding carboxylic acids is 1. The fraction of sp³-hybridized carbons (Fsp3) is 0.353. The van der Waals surface area contributed by atoms with Crippen LogP contribution in [0.3, 0.4) is 0 Å². The predicted molar refractivity (Wildman–Crippen MR) is 86.1 cm³/mol. The molecule has 1 aromatic carbocycles. The molecule has 0 radical (unpaired) electrons. The van der Waals surface area contributed by atoms with Gasteiger partial charge in [-0.2, -0.15) is 9.97 Å². The van der Waals surface area contributed by atoms with E-state index in [0.29, 0.717) is 35.2 Å². The largest absolute Gasteiger partial charge is 0.424 e. The van der Waals surface area contributed by atoms with Gasteiger partial charge >= 0.3 is 6.01 Å². The molecule has 0 spiro atoms. The van der Waals surface area contributed by atoms with Gasteiger partial charge in [-0.3, -0.25) is 4.79 Å². The van der Waals surface area contributed by atoms with E-state index in [1.807, 2.05) is 58.0 Å². The number of rotatable bonds is 5. The first kappa shape index (κ1) is 15.9. The first-order valence-electron chi connectivity index (χ1n) is 7.33. The first-order valence-corrected chi connectivity index (χ1v) is 7.33. The van der Waals surface area contributed by atoms with Crippen LogP contribution in [0.1, 0.15) is 31.7 Å². The van der Waals surface area contributed by atoms with Crippen LogP contribution in [-0.4, -0.2) is 15.9 Å². The summed E-state index contributed by atoms with van der Waals surface area (Å²) in [7, 11) is 0. The molecular weight excluding hydrogens is 278 g/mol. The average Bonchev–Trinajstić information content (AvgIpc) is 2.43. The van der Waals surface area contributed by atoms with E-state index >= 15 is 0 Å². The van der Waals surface area contributed by atoms with Crippen molar-refractivity contribution in [2.45, 2.75) is 34.1 Å². The Hall–Kier alpha value is -2.43. The molecule has 0 saturated heterocycles. The molecular formula is C17H21N3O2. The number of ether oxygens (including phenoxy) is 1. The number of para-hydroxylation sites is 1. The van der Waals surface area contributed by atoms with Gasteiger partial charge in [0.2, 0.25) is 5.91 Å².